The van der Waals surface area contributed by atoms with Gasteiger partial charge in [0.05, 0.1) is 0 Å². The molecule has 88 valence electrons. The fourth-order valence-corrected chi connectivity index (χ4v) is 2.48. The molecule has 1 heterocycles. The Kier molecular flexibility index (Phi) is 3.62. The Bertz CT molecular complexity index is 311. The Morgan fingerprint density at radius 3 is 2.19 bits per heavy atom. The van der Waals surface area contributed by atoms with Crippen LogP contribution in [0.2, 0.25) is 0 Å². The molecule has 0 aromatic heterocycles. The average Bonchev–Trinajstić information content (AvgIpc) is 2.27. The molecule has 2 rings (SSSR count). The summed E-state index contributed by atoms with van der Waals surface area (Å²) >= 11 is 0. The second-order valence-corrected chi connectivity index (χ2v) is 5.04. The molecule has 0 bridgehead atoms. The maximum atomic E-state index is 2.56. The summed E-state index contributed by atoms with van der Waals surface area (Å²) in [7, 11) is 2.23. The largest absolute Gasteiger partial charge is 0.298 e. The lowest BCUT2D eigenvalue weighted by atomic mass is 10.1. The molecule has 1 aliphatic rings. The third kappa shape index (κ3) is 2.63. The van der Waals surface area contributed by atoms with E-state index in [1.807, 2.05) is 0 Å². The van der Waals surface area contributed by atoms with Crippen molar-refractivity contribution in [2.45, 2.75) is 32.5 Å². The average molecular weight is 218 g/mol. The second-order valence-electron chi connectivity index (χ2n) is 5.04. The minimum atomic E-state index is 0.660. The molecule has 2 unspecified atom stereocenters. The van der Waals surface area contributed by atoms with Gasteiger partial charge in [-0.25, -0.2) is 0 Å². The fourth-order valence-electron chi connectivity index (χ4n) is 2.48. The quantitative estimate of drug-likeness (QED) is 0.751. The SMILES string of the molecule is CC1CN(Cc2ccccc2)CC(C)N1C. The molecule has 2 atom stereocenters. The van der Waals surface area contributed by atoms with Crippen molar-refractivity contribution in [3.05, 3.63) is 35.9 Å². The smallest absolute Gasteiger partial charge is 0.0235 e. The lowest BCUT2D eigenvalue weighted by molar-refractivity contribution is 0.0556. The van der Waals surface area contributed by atoms with Gasteiger partial charge in [-0.3, -0.25) is 9.80 Å². The van der Waals surface area contributed by atoms with Gasteiger partial charge in [-0.1, -0.05) is 30.3 Å². The number of likely N-dealkylation sites (N-methyl/N-ethyl adjacent to an activating group) is 1. The van der Waals surface area contributed by atoms with Crippen LogP contribution in [0, 0.1) is 0 Å². The van der Waals surface area contributed by atoms with E-state index in [9.17, 15) is 0 Å². The van der Waals surface area contributed by atoms with Gasteiger partial charge in [0.1, 0.15) is 0 Å². The number of hydrogen-bond acceptors (Lipinski definition) is 2. The van der Waals surface area contributed by atoms with E-state index in [2.05, 4.69) is 61.0 Å². The highest BCUT2D eigenvalue weighted by atomic mass is 15.3. The maximum absolute atomic E-state index is 2.56. The summed E-state index contributed by atoms with van der Waals surface area (Å²) < 4.78 is 0. The van der Waals surface area contributed by atoms with E-state index in [0.29, 0.717) is 12.1 Å². The molecule has 0 spiro atoms. The van der Waals surface area contributed by atoms with Crippen molar-refractivity contribution in [3.8, 4) is 0 Å². The number of rotatable bonds is 2. The van der Waals surface area contributed by atoms with Crippen LogP contribution < -0.4 is 0 Å². The first-order chi connectivity index (χ1) is 7.66. The van der Waals surface area contributed by atoms with E-state index in [-0.39, 0.29) is 0 Å². The van der Waals surface area contributed by atoms with Crippen molar-refractivity contribution in [2.75, 3.05) is 20.1 Å². The summed E-state index contributed by atoms with van der Waals surface area (Å²) in [5.74, 6) is 0. The van der Waals surface area contributed by atoms with Crippen molar-refractivity contribution in [2.24, 2.45) is 0 Å². The van der Waals surface area contributed by atoms with Crippen LogP contribution in [0.4, 0.5) is 0 Å². The summed E-state index contributed by atoms with van der Waals surface area (Å²) in [5.41, 5.74) is 1.42. The monoisotopic (exact) mass is 218 g/mol. The highest BCUT2D eigenvalue weighted by molar-refractivity contribution is 5.14. The minimum absolute atomic E-state index is 0.660. The van der Waals surface area contributed by atoms with Crippen molar-refractivity contribution in [1.29, 1.82) is 0 Å². The van der Waals surface area contributed by atoms with Crippen LogP contribution in [0.1, 0.15) is 19.4 Å². The van der Waals surface area contributed by atoms with Gasteiger partial charge < -0.3 is 0 Å². The Morgan fingerprint density at radius 2 is 1.62 bits per heavy atom. The first-order valence-corrected chi connectivity index (χ1v) is 6.15. The molecule has 2 nitrogen and oxygen atoms in total. The van der Waals surface area contributed by atoms with Crippen LogP contribution in [0.15, 0.2) is 30.3 Å². The fraction of sp³-hybridized carbons (Fsp3) is 0.571. The van der Waals surface area contributed by atoms with Gasteiger partial charge >= 0.3 is 0 Å². The van der Waals surface area contributed by atoms with E-state index in [1.54, 1.807) is 0 Å². The highest BCUT2D eigenvalue weighted by Crippen LogP contribution is 2.15. The molecule has 1 aliphatic heterocycles. The molecule has 0 saturated carbocycles. The number of hydrogen-bond donors (Lipinski definition) is 0. The van der Waals surface area contributed by atoms with E-state index >= 15 is 0 Å². The molecule has 0 amide bonds. The lowest BCUT2D eigenvalue weighted by Gasteiger charge is -2.42. The Labute approximate surface area is 98.9 Å². The molecule has 0 aliphatic carbocycles. The van der Waals surface area contributed by atoms with Crippen LogP contribution in [-0.4, -0.2) is 42.0 Å². The zero-order valence-corrected chi connectivity index (χ0v) is 10.6. The first kappa shape index (κ1) is 11.6. The molecular weight excluding hydrogens is 196 g/mol. The van der Waals surface area contributed by atoms with Gasteiger partial charge in [0.2, 0.25) is 0 Å². The first-order valence-electron chi connectivity index (χ1n) is 6.15. The Morgan fingerprint density at radius 1 is 1.06 bits per heavy atom. The predicted molar refractivity (Wildman–Crippen MR) is 68.4 cm³/mol. The van der Waals surface area contributed by atoms with Crippen LogP contribution in [0.25, 0.3) is 0 Å². The van der Waals surface area contributed by atoms with Crippen molar-refractivity contribution < 1.29 is 0 Å². The van der Waals surface area contributed by atoms with Gasteiger partial charge in [0.15, 0.2) is 0 Å². The van der Waals surface area contributed by atoms with Gasteiger partial charge in [-0.2, -0.15) is 0 Å². The van der Waals surface area contributed by atoms with Crippen molar-refractivity contribution in [3.63, 3.8) is 0 Å². The maximum Gasteiger partial charge on any atom is 0.0235 e. The zero-order valence-electron chi connectivity index (χ0n) is 10.6. The second kappa shape index (κ2) is 4.98. The molecule has 0 radical (unpaired) electrons. The van der Waals surface area contributed by atoms with E-state index < -0.39 is 0 Å². The molecule has 2 heteroatoms. The summed E-state index contributed by atoms with van der Waals surface area (Å²) in [6, 6.07) is 12.1. The number of benzene rings is 1. The summed E-state index contributed by atoms with van der Waals surface area (Å²) in [5, 5.41) is 0. The number of nitrogens with zero attached hydrogens (tertiary/aromatic N) is 2. The number of piperazine rings is 1. The molecule has 1 fully saturated rings. The zero-order chi connectivity index (χ0) is 11.5. The predicted octanol–water partition coefficient (Wildman–Crippen LogP) is 2.21. The van der Waals surface area contributed by atoms with Gasteiger partial charge in [0.25, 0.3) is 0 Å². The van der Waals surface area contributed by atoms with Crippen LogP contribution in [0.5, 0.6) is 0 Å². The van der Waals surface area contributed by atoms with E-state index in [1.165, 1.54) is 18.7 Å². The standard InChI is InChI=1S/C14H22N2/c1-12-9-16(10-13(2)15(12)3)11-14-7-5-4-6-8-14/h4-8,12-13H,9-11H2,1-3H3. The van der Waals surface area contributed by atoms with E-state index in [0.717, 1.165) is 6.54 Å². The van der Waals surface area contributed by atoms with Crippen molar-refractivity contribution >= 4 is 0 Å². The van der Waals surface area contributed by atoms with Gasteiger partial charge in [-0.15, -0.1) is 0 Å². The molecule has 1 aromatic rings. The third-order valence-corrected chi connectivity index (χ3v) is 3.68. The molecule has 1 saturated heterocycles. The van der Waals surface area contributed by atoms with Crippen LogP contribution in [0.3, 0.4) is 0 Å². The topological polar surface area (TPSA) is 6.48 Å². The van der Waals surface area contributed by atoms with Crippen LogP contribution >= 0.6 is 0 Å². The molecule has 1 aromatic carbocycles. The van der Waals surface area contributed by atoms with E-state index in [4.69, 9.17) is 0 Å². The lowest BCUT2D eigenvalue weighted by Crippen LogP contribution is -2.54. The van der Waals surface area contributed by atoms with Gasteiger partial charge in [0, 0.05) is 31.7 Å². The summed E-state index contributed by atoms with van der Waals surface area (Å²) in [6.45, 7) is 8.07. The Hall–Kier alpha value is -0.860. The van der Waals surface area contributed by atoms with Crippen LogP contribution in [-0.2, 0) is 6.54 Å². The molecule has 16 heavy (non-hydrogen) atoms. The summed E-state index contributed by atoms with van der Waals surface area (Å²) in [4.78, 5) is 5.03. The van der Waals surface area contributed by atoms with Crippen molar-refractivity contribution in [1.82, 2.24) is 9.80 Å². The summed E-state index contributed by atoms with van der Waals surface area (Å²) in [6.07, 6.45) is 0. The minimum Gasteiger partial charge on any atom is -0.298 e. The third-order valence-electron chi connectivity index (χ3n) is 3.68. The Balaban J connectivity index is 1.97. The normalized spacial score (nSPS) is 28.2. The van der Waals surface area contributed by atoms with Gasteiger partial charge in [-0.05, 0) is 26.5 Å². The highest BCUT2D eigenvalue weighted by Gasteiger charge is 2.25. The molecular formula is C14H22N2. The molecule has 0 N–H and O–H groups in total.